The van der Waals surface area contributed by atoms with Crippen molar-refractivity contribution in [3.05, 3.63) is 40.2 Å². The number of nitrogens with one attached hydrogen (secondary N) is 1. The maximum Gasteiger partial charge on any atom is 0.192 e. The first-order valence-electron chi connectivity index (χ1n) is 5.45. The van der Waals surface area contributed by atoms with Gasteiger partial charge >= 0.3 is 0 Å². The lowest BCUT2D eigenvalue weighted by molar-refractivity contribution is 0.419. The molecule has 0 saturated heterocycles. The van der Waals surface area contributed by atoms with Crippen molar-refractivity contribution in [2.75, 3.05) is 7.11 Å². The minimum Gasteiger partial charge on any atom is -0.495 e. The van der Waals surface area contributed by atoms with Crippen molar-refractivity contribution in [2.45, 2.75) is 19.8 Å². The number of para-hydroxylation sites is 1. The number of benzene rings is 1. The summed E-state index contributed by atoms with van der Waals surface area (Å²) in [6.45, 7) is 2.06. The SMILES string of the molecule is CCCc1c[nH]c2c(OC)cccc2c1=O. The maximum absolute atomic E-state index is 12.1. The monoisotopic (exact) mass is 217 g/mol. The molecule has 1 aromatic carbocycles. The van der Waals surface area contributed by atoms with E-state index < -0.39 is 0 Å². The second-order valence-corrected chi connectivity index (χ2v) is 3.78. The molecule has 0 bridgehead atoms. The molecule has 0 spiro atoms. The molecular weight excluding hydrogens is 202 g/mol. The van der Waals surface area contributed by atoms with E-state index in [1.54, 1.807) is 13.3 Å². The van der Waals surface area contributed by atoms with E-state index in [2.05, 4.69) is 11.9 Å². The molecule has 0 atom stereocenters. The lowest BCUT2D eigenvalue weighted by Crippen LogP contribution is -2.10. The number of fused-ring (bicyclic) bond motifs is 1. The van der Waals surface area contributed by atoms with Gasteiger partial charge in [-0.2, -0.15) is 0 Å². The van der Waals surface area contributed by atoms with Gasteiger partial charge in [0.2, 0.25) is 0 Å². The number of aromatic amines is 1. The topological polar surface area (TPSA) is 42.1 Å². The number of aryl methyl sites for hydroxylation is 1. The normalized spacial score (nSPS) is 10.6. The summed E-state index contributed by atoms with van der Waals surface area (Å²) in [5.41, 5.74) is 1.72. The molecule has 2 aromatic rings. The number of aromatic nitrogens is 1. The minimum absolute atomic E-state index is 0.106. The van der Waals surface area contributed by atoms with Gasteiger partial charge in [-0.3, -0.25) is 4.79 Å². The molecule has 0 fully saturated rings. The third-order valence-corrected chi connectivity index (χ3v) is 2.69. The van der Waals surface area contributed by atoms with Gasteiger partial charge in [0, 0.05) is 17.1 Å². The molecule has 0 aliphatic carbocycles. The van der Waals surface area contributed by atoms with Gasteiger partial charge in [-0.25, -0.2) is 0 Å². The lowest BCUT2D eigenvalue weighted by atomic mass is 10.1. The quantitative estimate of drug-likeness (QED) is 0.858. The summed E-state index contributed by atoms with van der Waals surface area (Å²) < 4.78 is 5.21. The minimum atomic E-state index is 0.106. The van der Waals surface area contributed by atoms with Crippen LogP contribution >= 0.6 is 0 Å². The van der Waals surface area contributed by atoms with Crippen molar-refractivity contribution in [1.82, 2.24) is 4.98 Å². The molecule has 3 nitrogen and oxygen atoms in total. The molecular formula is C13H15NO2. The highest BCUT2D eigenvalue weighted by molar-refractivity contribution is 5.84. The number of methoxy groups -OCH3 is 1. The Kier molecular flexibility index (Phi) is 2.95. The van der Waals surface area contributed by atoms with Crippen LogP contribution < -0.4 is 10.2 Å². The molecule has 0 aliphatic heterocycles. The highest BCUT2D eigenvalue weighted by atomic mass is 16.5. The van der Waals surface area contributed by atoms with Crippen LogP contribution in [0.25, 0.3) is 10.9 Å². The Bertz CT molecular complexity index is 557. The summed E-state index contributed by atoms with van der Waals surface area (Å²) in [4.78, 5) is 15.3. The zero-order valence-electron chi connectivity index (χ0n) is 9.54. The number of pyridine rings is 1. The van der Waals surface area contributed by atoms with Crippen LogP contribution in [0.1, 0.15) is 18.9 Å². The largest absolute Gasteiger partial charge is 0.495 e. The maximum atomic E-state index is 12.1. The highest BCUT2D eigenvalue weighted by Crippen LogP contribution is 2.20. The Morgan fingerprint density at radius 2 is 2.19 bits per heavy atom. The van der Waals surface area contributed by atoms with Crippen LogP contribution in [-0.4, -0.2) is 12.1 Å². The summed E-state index contributed by atoms with van der Waals surface area (Å²) in [7, 11) is 1.60. The van der Waals surface area contributed by atoms with Crippen LogP contribution in [0.15, 0.2) is 29.2 Å². The van der Waals surface area contributed by atoms with Crippen LogP contribution in [0, 0.1) is 0 Å². The fourth-order valence-electron chi connectivity index (χ4n) is 1.89. The van der Waals surface area contributed by atoms with Crippen LogP contribution in [0.4, 0.5) is 0 Å². The van der Waals surface area contributed by atoms with E-state index in [0.29, 0.717) is 11.1 Å². The summed E-state index contributed by atoms with van der Waals surface area (Å²) in [6, 6.07) is 5.51. The number of ether oxygens (including phenoxy) is 1. The predicted molar refractivity (Wildman–Crippen MR) is 65.1 cm³/mol. The Balaban J connectivity index is 2.71. The van der Waals surface area contributed by atoms with Gasteiger partial charge in [0.15, 0.2) is 5.43 Å². The highest BCUT2D eigenvalue weighted by Gasteiger charge is 2.07. The molecule has 3 heteroatoms. The Morgan fingerprint density at radius 1 is 1.38 bits per heavy atom. The lowest BCUT2D eigenvalue weighted by Gasteiger charge is -2.06. The molecule has 0 unspecified atom stereocenters. The Hall–Kier alpha value is -1.77. The van der Waals surface area contributed by atoms with Gasteiger partial charge in [0.05, 0.1) is 12.6 Å². The second kappa shape index (κ2) is 4.39. The van der Waals surface area contributed by atoms with Crippen LogP contribution in [0.5, 0.6) is 5.75 Å². The molecule has 1 heterocycles. The van der Waals surface area contributed by atoms with Crippen molar-refractivity contribution in [2.24, 2.45) is 0 Å². The van der Waals surface area contributed by atoms with E-state index in [4.69, 9.17) is 4.74 Å². The van der Waals surface area contributed by atoms with E-state index in [9.17, 15) is 4.79 Å². The predicted octanol–water partition coefficient (Wildman–Crippen LogP) is 2.49. The van der Waals surface area contributed by atoms with Crippen LogP contribution in [0.2, 0.25) is 0 Å². The zero-order valence-corrected chi connectivity index (χ0v) is 9.54. The number of hydrogen-bond donors (Lipinski definition) is 1. The second-order valence-electron chi connectivity index (χ2n) is 3.78. The standard InChI is InChI=1S/C13H15NO2/c1-3-5-9-8-14-12-10(13(9)15)6-4-7-11(12)16-2/h4,6-8H,3,5H2,1-2H3,(H,14,15). The van der Waals surface area contributed by atoms with Crippen LogP contribution in [-0.2, 0) is 6.42 Å². The van der Waals surface area contributed by atoms with E-state index in [-0.39, 0.29) is 5.43 Å². The molecule has 1 aromatic heterocycles. The average molecular weight is 217 g/mol. The smallest absolute Gasteiger partial charge is 0.192 e. The van der Waals surface area contributed by atoms with Gasteiger partial charge in [-0.05, 0) is 18.6 Å². The number of H-pyrrole nitrogens is 1. The van der Waals surface area contributed by atoms with Crippen molar-refractivity contribution in [3.8, 4) is 5.75 Å². The first-order chi connectivity index (χ1) is 7.77. The Morgan fingerprint density at radius 3 is 2.88 bits per heavy atom. The molecule has 0 saturated carbocycles. The molecule has 0 radical (unpaired) electrons. The zero-order chi connectivity index (χ0) is 11.5. The van der Waals surface area contributed by atoms with Crippen molar-refractivity contribution >= 4 is 10.9 Å². The Labute approximate surface area is 94.1 Å². The van der Waals surface area contributed by atoms with E-state index in [0.717, 1.165) is 23.9 Å². The van der Waals surface area contributed by atoms with E-state index in [1.807, 2.05) is 18.2 Å². The van der Waals surface area contributed by atoms with E-state index >= 15 is 0 Å². The van der Waals surface area contributed by atoms with Crippen molar-refractivity contribution < 1.29 is 4.74 Å². The van der Waals surface area contributed by atoms with Gasteiger partial charge in [-0.15, -0.1) is 0 Å². The average Bonchev–Trinajstić information content (AvgIpc) is 2.32. The van der Waals surface area contributed by atoms with Gasteiger partial charge in [0.25, 0.3) is 0 Å². The number of rotatable bonds is 3. The molecule has 2 rings (SSSR count). The van der Waals surface area contributed by atoms with Gasteiger partial charge < -0.3 is 9.72 Å². The fraction of sp³-hybridized carbons (Fsp3) is 0.308. The summed E-state index contributed by atoms with van der Waals surface area (Å²) >= 11 is 0. The first-order valence-corrected chi connectivity index (χ1v) is 5.45. The van der Waals surface area contributed by atoms with Crippen molar-refractivity contribution in [3.63, 3.8) is 0 Å². The third kappa shape index (κ3) is 1.69. The molecule has 1 N–H and O–H groups in total. The van der Waals surface area contributed by atoms with Crippen molar-refractivity contribution in [1.29, 1.82) is 0 Å². The third-order valence-electron chi connectivity index (χ3n) is 2.69. The number of hydrogen-bond acceptors (Lipinski definition) is 2. The summed E-state index contributed by atoms with van der Waals surface area (Å²) in [5.74, 6) is 0.706. The molecule has 0 aliphatic rings. The first kappa shape index (κ1) is 10.7. The van der Waals surface area contributed by atoms with Gasteiger partial charge in [-0.1, -0.05) is 19.4 Å². The molecule has 16 heavy (non-hydrogen) atoms. The fourth-order valence-corrected chi connectivity index (χ4v) is 1.89. The summed E-state index contributed by atoms with van der Waals surface area (Å²) in [6.07, 6.45) is 3.57. The summed E-state index contributed by atoms with van der Waals surface area (Å²) in [5, 5.41) is 0.699. The van der Waals surface area contributed by atoms with Crippen LogP contribution in [0.3, 0.4) is 0 Å². The molecule has 84 valence electrons. The van der Waals surface area contributed by atoms with E-state index in [1.165, 1.54) is 0 Å². The molecule has 0 amide bonds. The van der Waals surface area contributed by atoms with Gasteiger partial charge in [0.1, 0.15) is 5.75 Å².